The summed E-state index contributed by atoms with van der Waals surface area (Å²) in [6, 6.07) is 0. The van der Waals surface area contributed by atoms with Gasteiger partial charge < -0.3 is 9.47 Å². The zero-order valence-electron chi connectivity index (χ0n) is 8.34. The lowest BCUT2D eigenvalue weighted by atomic mass is 10.1. The molecule has 0 unspecified atom stereocenters. The molecule has 2 nitrogen and oxygen atoms in total. The minimum absolute atomic E-state index is 0.475. The van der Waals surface area contributed by atoms with Crippen LogP contribution in [-0.2, 0) is 9.47 Å². The molecule has 0 atom stereocenters. The standard InChI is InChI=1S/C10H21O2/c1-4-11-8-6-10(3)7-9-12-5-2/h10H,3-9H2,1-2H3. The van der Waals surface area contributed by atoms with Crippen LogP contribution in [0.25, 0.3) is 0 Å². The van der Waals surface area contributed by atoms with Gasteiger partial charge in [-0.1, -0.05) is 6.92 Å². The van der Waals surface area contributed by atoms with Crippen molar-refractivity contribution in [3.8, 4) is 0 Å². The van der Waals surface area contributed by atoms with Crippen LogP contribution in [0, 0.1) is 12.8 Å². The summed E-state index contributed by atoms with van der Waals surface area (Å²) in [5, 5.41) is 0. The summed E-state index contributed by atoms with van der Waals surface area (Å²) in [6.45, 7) is 11.3. The van der Waals surface area contributed by atoms with Crippen LogP contribution in [0.5, 0.6) is 0 Å². The molecule has 0 fully saturated rings. The number of hydrogen-bond donors (Lipinski definition) is 0. The van der Waals surface area contributed by atoms with Gasteiger partial charge in [-0.2, -0.15) is 0 Å². The molecule has 0 heterocycles. The molecule has 2 heteroatoms. The SMILES string of the molecule is [CH2]C(CCOCC)CCOCC. The third kappa shape index (κ3) is 8.02. The van der Waals surface area contributed by atoms with Gasteiger partial charge in [0.15, 0.2) is 0 Å². The van der Waals surface area contributed by atoms with Crippen LogP contribution in [0.2, 0.25) is 0 Å². The lowest BCUT2D eigenvalue weighted by Gasteiger charge is -2.10. The molecule has 0 rings (SSSR count). The molecule has 1 radical (unpaired) electrons. The van der Waals surface area contributed by atoms with E-state index in [0.29, 0.717) is 5.92 Å². The molecule has 0 spiro atoms. The Bertz CT molecular complexity index is 73.9. The second-order valence-electron chi connectivity index (χ2n) is 2.84. The summed E-state index contributed by atoms with van der Waals surface area (Å²) in [5.74, 6) is 0.475. The van der Waals surface area contributed by atoms with E-state index in [-0.39, 0.29) is 0 Å². The Morgan fingerprint density at radius 3 is 1.75 bits per heavy atom. The van der Waals surface area contributed by atoms with Gasteiger partial charge in [0.2, 0.25) is 0 Å². The fourth-order valence-corrected chi connectivity index (χ4v) is 0.933. The summed E-state index contributed by atoms with van der Waals surface area (Å²) < 4.78 is 10.5. The predicted molar refractivity (Wildman–Crippen MR) is 51.1 cm³/mol. The van der Waals surface area contributed by atoms with Crippen molar-refractivity contribution in [2.75, 3.05) is 26.4 Å². The third-order valence-electron chi connectivity index (χ3n) is 1.75. The fourth-order valence-electron chi connectivity index (χ4n) is 0.933. The molecule has 0 amide bonds. The summed E-state index contributed by atoms with van der Waals surface area (Å²) in [6.07, 6.45) is 2.09. The van der Waals surface area contributed by atoms with E-state index in [4.69, 9.17) is 9.47 Å². The van der Waals surface area contributed by atoms with Crippen molar-refractivity contribution in [2.45, 2.75) is 26.7 Å². The van der Waals surface area contributed by atoms with Crippen LogP contribution in [0.4, 0.5) is 0 Å². The van der Waals surface area contributed by atoms with Gasteiger partial charge in [-0.3, -0.25) is 0 Å². The molecule has 12 heavy (non-hydrogen) atoms. The molecule has 0 saturated heterocycles. The molecule has 0 saturated carbocycles. The van der Waals surface area contributed by atoms with Crippen LogP contribution < -0.4 is 0 Å². The molecule has 0 aromatic rings. The van der Waals surface area contributed by atoms with E-state index < -0.39 is 0 Å². The third-order valence-corrected chi connectivity index (χ3v) is 1.75. The minimum atomic E-state index is 0.475. The van der Waals surface area contributed by atoms with Crippen molar-refractivity contribution in [1.82, 2.24) is 0 Å². The Balaban J connectivity index is 3.04. The van der Waals surface area contributed by atoms with E-state index in [0.717, 1.165) is 39.3 Å². The van der Waals surface area contributed by atoms with Crippen LogP contribution in [0.3, 0.4) is 0 Å². The molecule has 0 aliphatic rings. The molecule has 73 valence electrons. The number of rotatable bonds is 8. The maximum absolute atomic E-state index is 5.23. The Labute approximate surface area is 76.3 Å². The molecule has 0 aliphatic heterocycles. The molecular formula is C10H21O2. The Kier molecular flexibility index (Phi) is 8.95. The molecule has 0 N–H and O–H groups in total. The van der Waals surface area contributed by atoms with E-state index in [1.165, 1.54) is 0 Å². The zero-order chi connectivity index (χ0) is 9.23. The van der Waals surface area contributed by atoms with Crippen LogP contribution in [0.1, 0.15) is 26.7 Å². The Morgan fingerprint density at radius 2 is 1.42 bits per heavy atom. The van der Waals surface area contributed by atoms with Gasteiger partial charge in [0, 0.05) is 26.4 Å². The normalized spacial score (nSPS) is 11.0. The molecule has 0 bridgehead atoms. The first kappa shape index (κ1) is 11.9. The van der Waals surface area contributed by atoms with E-state index in [9.17, 15) is 0 Å². The lowest BCUT2D eigenvalue weighted by Crippen LogP contribution is -2.05. The first-order valence-corrected chi connectivity index (χ1v) is 4.79. The highest BCUT2D eigenvalue weighted by atomic mass is 16.5. The van der Waals surface area contributed by atoms with Crippen molar-refractivity contribution in [2.24, 2.45) is 5.92 Å². The van der Waals surface area contributed by atoms with Gasteiger partial charge >= 0.3 is 0 Å². The average Bonchev–Trinajstić information content (AvgIpc) is 2.06. The number of ether oxygens (including phenoxy) is 2. The van der Waals surface area contributed by atoms with Crippen molar-refractivity contribution in [3.05, 3.63) is 6.92 Å². The molecule has 0 aromatic heterocycles. The maximum atomic E-state index is 5.23. The highest BCUT2D eigenvalue weighted by molar-refractivity contribution is 4.60. The quantitative estimate of drug-likeness (QED) is 0.524. The Hall–Kier alpha value is -0.0800. The second-order valence-corrected chi connectivity index (χ2v) is 2.84. The van der Waals surface area contributed by atoms with Crippen molar-refractivity contribution >= 4 is 0 Å². The van der Waals surface area contributed by atoms with Crippen LogP contribution in [0.15, 0.2) is 0 Å². The van der Waals surface area contributed by atoms with Crippen LogP contribution in [-0.4, -0.2) is 26.4 Å². The molecular weight excluding hydrogens is 152 g/mol. The number of hydrogen-bond acceptors (Lipinski definition) is 2. The second kappa shape index (κ2) is 9.01. The average molecular weight is 173 g/mol. The Morgan fingerprint density at radius 1 is 1.00 bits per heavy atom. The monoisotopic (exact) mass is 173 g/mol. The predicted octanol–water partition coefficient (Wildman–Crippen LogP) is 2.29. The van der Waals surface area contributed by atoms with Gasteiger partial charge in [0.05, 0.1) is 0 Å². The topological polar surface area (TPSA) is 18.5 Å². The summed E-state index contributed by atoms with van der Waals surface area (Å²) in [4.78, 5) is 0. The highest BCUT2D eigenvalue weighted by Crippen LogP contribution is 2.06. The summed E-state index contributed by atoms with van der Waals surface area (Å²) in [7, 11) is 0. The smallest absolute Gasteiger partial charge is 0.0468 e. The van der Waals surface area contributed by atoms with Gasteiger partial charge in [-0.05, 0) is 32.6 Å². The minimum Gasteiger partial charge on any atom is -0.382 e. The van der Waals surface area contributed by atoms with Gasteiger partial charge in [-0.15, -0.1) is 0 Å². The highest BCUT2D eigenvalue weighted by Gasteiger charge is 2.00. The zero-order valence-corrected chi connectivity index (χ0v) is 8.34. The first-order valence-electron chi connectivity index (χ1n) is 4.79. The maximum Gasteiger partial charge on any atom is 0.0468 e. The van der Waals surface area contributed by atoms with Crippen LogP contribution >= 0.6 is 0 Å². The largest absolute Gasteiger partial charge is 0.382 e. The van der Waals surface area contributed by atoms with E-state index in [2.05, 4.69) is 6.92 Å². The lowest BCUT2D eigenvalue weighted by molar-refractivity contribution is 0.115. The summed E-state index contributed by atoms with van der Waals surface area (Å²) >= 11 is 0. The first-order chi connectivity index (χ1) is 5.81. The summed E-state index contributed by atoms with van der Waals surface area (Å²) in [5.41, 5.74) is 0. The van der Waals surface area contributed by atoms with Crippen molar-refractivity contribution in [1.29, 1.82) is 0 Å². The van der Waals surface area contributed by atoms with Crippen molar-refractivity contribution < 1.29 is 9.47 Å². The van der Waals surface area contributed by atoms with E-state index in [1.54, 1.807) is 0 Å². The van der Waals surface area contributed by atoms with E-state index >= 15 is 0 Å². The van der Waals surface area contributed by atoms with Gasteiger partial charge in [0.25, 0.3) is 0 Å². The van der Waals surface area contributed by atoms with Gasteiger partial charge in [0.1, 0.15) is 0 Å². The molecule has 0 aromatic carbocycles. The fraction of sp³-hybridized carbons (Fsp3) is 0.900. The van der Waals surface area contributed by atoms with Gasteiger partial charge in [-0.25, -0.2) is 0 Å². The molecule has 0 aliphatic carbocycles. The van der Waals surface area contributed by atoms with E-state index in [1.807, 2.05) is 13.8 Å². The van der Waals surface area contributed by atoms with Crippen molar-refractivity contribution in [3.63, 3.8) is 0 Å².